The predicted molar refractivity (Wildman–Crippen MR) is 79.3 cm³/mol. The van der Waals surface area contributed by atoms with Gasteiger partial charge in [-0.05, 0) is 31.9 Å². The number of nitrogens with one attached hydrogen (secondary N) is 1. The van der Waals surface area contributed by atoms with Crippen LogP contribution in [0, 0.1) is 0 Å². The van der Waals surface area contributed by atoms with Crippen LogP contribution in [0.4, 0.5) is 0 Å². The van der Waals surface area contributed by atoms with Crippen molar-refractivity contribution in [1.82, 2.24) is 15.5 Å². The first-order valence-corrected chi connectivity index (χ1v) is 8.03. The molecule has 22 heavy (non-hydrogen) atoms. The van der Waals surface area contributed by atoms with E-state index in [4.69, 9.17) is 13.6 Å². The zero-order valence-corrected chi connectivity index (χ0v) is 13.0. The van der Waals surface area contributed by atoms with Crippen LogP contribution >= 0.6 is 11.8 Å². The Morgan fingerprint density at radius 1 is 1.55 bits per heavy atom. The molecule has 8 heteroatoms. The van der Waals surface area contributed by atoms with Crippen LogP contribution in [0.5, 0.6) is 0 Å². The number of thioether (sulfide) groups is 1. The maximum absolute atomic E-state index is 12.0. The summed E-state index contributed by atoms with van der Waals surface area (Å²) in [7, 11) is 0. The topological polar surface area (TPSA) is 90.4 Å². The van der Waals surface area contributed by atoms with Crippen LogP contribution in [0.2, 0.25) is 0 Å². The number of carbonyl (C=O) groups excluding carboxylic acids is 1. The van der Waals surface area contributed by atoms with Crippen LogP contribution < -0.4 is 5.32 Å². The monoisotopic (exact) mass is 323 g/mol. The largest absolute Gasteiger partial charge is 0.459 e. The van der Waals surface area contributed by atoms with Crippen molar-refractivity contribution in [1.29, 1.82) is 0 Å². The van der Waals surface area contributed by atoms with Crippen molar-refractivity contribution in [2.24, 2.45) is 0 Å². The second-order valence-corrected chi connectivity index (χ2v) is 6.28. The quantitative estimate of drug-likeness (QED) is 0.814. The highest BCUT2D eigenvalue weighted by Gasteiger charge is 2.21. The van der Waals surface area contributed by atoms with Gasteiger partial charge in [0, 0.05) is 13.2 Å². The third kappa shape index (κ3) is 3.69. The molecule has 1 N–H and O–H groups in total. The summed E-state index contributed by atoms with van der Waals surface area (Å²) in [5.41, 5.74) is 0. The highest BCUT2D eigenvalue weighted by Crippen LogP contribution is 2.26. The van der Waals surface area contributed by atoms with E-state index in [9.17, 15) is 4.79 Å². The number of aromatic nitrogens is 2. The number of furan rings is 1. The minimum atomic E-state index is -0.327. The predicted octanol–water partition coefficient (Wildman–Crippen LogP) is 2.11. The first-order chi connectivity index (χ1) is 10.7. The molecule has 1 saturated heterocycles. The molecule has 1 fully saturated rings. The van der Waals surface area contributed by atoms with Crippen LogP contribution in [0.1, 0.15) is 19.8 Å². The molecule has 3 heterocycles. The molecular weight excluding hydrogens is 306 g/mol. The molecule has 7 nitrogen and oxygen atoms in total. The normalized spacial score (nSPS) is 19.2. The Morgan fingerprint density at radius 3 is 3.18 bits per heavy atom. The molecule has 2 aromatic heterocycles. The summed E-state index contributed by atoms with van der Waals surface area (Å²) in [6.45, 7) is 3.12. The fraction of sp³-hybridized carbons (Fsp3) is 0.500. The summed E-state index contributed by atoms with van der Waals surface area (Å²) >= 11 is 1.22. The van der Waals surface area contributed by atoms with Crippen molar-refractivity contribution < 1.29 is 18.4 Å². The van der Waals surface area contributed by atoms with Crippen molar-refractivity contribution in [3.05, 3.63) is 18.4 Å². The van der Waals surface area contributed by atoms with Crippen molar-refractivity contribution in [3.8, 4) is 11.7 Å². The number of carbonyl (C=O) groups is 1. The van der Waals surface area contributed by atoms with Gasteiger partial charge in [0.2, 0.25) is 5.91 Å². The Hall–Kier alpha value is -1.80. The van der Waals surface area contributed by atoms with Crippen LogP contribution in [-0.4, -0.2) is 40.6 Å². The van der Waals surface area contributed by atoms with E-state index in [0.29, 0.717) is 23.4 Å². The molecule has 0 aliphatic carbocycles. The van der Waals surface area contributed by atoms with Gasteiger partial charge < -0.3 is 18.9 Å². The Labute approximate surface area is 131 Å². The second kappa shape index (κ2) is 6.97. The van der Waals surface area contributed by atoms with E-state index in [0.717, 1.165) is 19.4 Å². The Morgan fingerprint density at radius 2 is 2.45 bits per heavy atom. The number of rotatable bonds is 6. The molecule has 0 radical (unpaired) electrons. The molecule has 118 valence electrons. The van der Waals surface area contributed by atoms with E-state index in [1.54, 1.807) is 19.1 Å². The number of nitrogens with zero attached hydrogens (tertiary/aromatic N) is 2. The second-order valence-electron chi connectivity index (χ2n) is 4.99. The summed E-state index contributed by atoms with van der Waals surface area (Å²) in [6.07, 6.45) is 3.73. The van der Waals surface area contributed by atoms with Gasteiger partial charge in [0.1, 0.15) is 0 Å². The minimum absolute atomic E-state index is 0.0711. The van der Waals surface area contributed by atoms with Gasteiger partial charge in [-0.1, -0.05) is 11.8 Å². The van der Waals surface area contributed by atoms with Gasteiger partial charge in [-0.15, -0.1) is 10.2 Å². The van der Waals surface area contributed by atoms with Crippen molar-refractivity contribution >= 4 is 17.7 Å². The molecule has 0 bridgehead atoms. The third-order valence-electron chi connectivity index (χ3n) is 3.31. The van der Waals surface area contributed by atoms with Gasteiger partial charge in [0.25, 0.3) is 11.1 Å². The summed E-state index contributed by atoms with van der Waals surface area (Å²) in [6, 6.07) is 3.48. The van der Waals surface area contributed by atoms with Gasteiger partial charge in [-0.3, -0.25) is 4.79 Å². The van der Waals surface area contributed by atoms with E-state index in [1.165, 1.54) is 18.0 Å². The van der Waals surface area contributed by atoms with Gasteiger partial charge in [-0.25, -0.2) is 0 Å². The molecule has 1 amide bonds. The van der Waals surface area contributed by atoms with Crippen LogP contribution in [0.3, 0.4) is 0 Å². The highest BCUT2D eigenvalue weighted by molar-refractivity contribution is 8.00. The molecule has 0 spiro atoms. The lowest BCUT2D eigenvalue weighted by Crippen LogP contribution is -2.36. The van der Waals surface area contributed by atoms with Gasteiger partial charge in [-0.2, -0.15) is 0 Å². The summed E-state index contributed by atoms with van der Waals surface area (Å²) < 4.78 is 16.1. The van der Waals surface area contributed by atoms with E-state index in [1.807, 2.05) is 0 Å². The van der Waals surface area contributed by atoms with Gasteiger partial charge in [0.05, 0.1) is 17.6 Å². The standard InChI is InChI=1S/C14H17N3O4S/c1-9(12(18)15-8-10-4-2-6-19-10)22-14-17-16-13(21-14)11-5-3-7-20-11/h3,5,7,9-10H,2,4,6,8H2,1H3,(H,15,18). The molecule has 0 aromatic carbocycles. The molecule has 2 unspecified atom stereocenters. The SMILES string of the molecule is CC(Sc1nnc(-c2ccco2)o1)C(=O)NCC1CCCO1. The lowest BCUT2D eigenvalue weighted by molar-refractivity contribution is -0.120. The van der Waals surface area contributed by atoms with Crippen molar-refractivity contribution in [2.75, 3.05) is 13.2 Å². The van der Waals surface area contributed by atoms with E-state index in [-0.39, 0.29) is 17.3 Å². The van der Waals surface area contributed by atoms with Crippen molar-refractivity contribution in [3.63, 3.8) is 0 Å². The number of ether oxygens (including phenoxy) is 1. The van der Waals surface area contributed by atoms with Gasteiger partial charge >= 0.3 is 0 Å². The Balaban J connectivity index is 1.50. The minimum Gasteiger partial charge on any atom is -0.459 e. The maximum atomic E-state index is 12.0. The first kappa shape index (κ1) is 15.1. The average Bonchev–Trinajstić information content (AvgIpc) is 3.25. The van der Waals surface area contributed by atoms with Crippen LogP contribution in [0.25, 0.3) is 11.7 Å². The summed E-state index contributed by atoms with van der Waals surface area (Å²) in [5, 5.41) is 10.7. The number of hydrogen-bond donors (Lipinski definition) is 1. The molecule has 3 rings (SSSR count). The van der Waals surface area contributed by atoms with Gasteiger partial charge in [0.15, 0.2) is 5.76 Å². The van der Waals surface area contributed by atoms with Crippen LogP contribution in [-0.2, 0) is 9.53 Å². The molecule has 2 aromatic rings. The number of hydrogen-bond acceptors (Lipinski definition) is 7. The lowest BCUT2D eigenvalue weighted by Gasteiger charge is -2.13. The zero-order chi connectivity index (χ0) is 15.4. The average molecular weight is 323 g/mol. The highest BCUT2D eigenvalue weighted by atomic mass is 32.2. The zero-order valence-electron chi connectivity index (χ0n) is 12.2. The molecule has 0 saturated carbocycles. The van der Waals surface area contributed by atoms with E-state index < -0.39 is 0 Å². The van der Waals surface area contributed by atoms with E-state index in [2.05, 4.69) is 15.5 Å². The Bertz CT molecular complexity index is 607. The molecule has 1 aliphatic rings. The molecular formula is C14H17N3O4S. The number of amides is 1. The molecule has 1 aliphatic heterocycles. The smallest absolute Gasteiger partial charge is 0.284 e. The Kier molecular flexibility index (Phi) is 4.79. The third-order valence-corrected chi connectivity index (χ3v) is 4.25. The maximum Gasteiger partial charge on any atom is 0.284 e. The fourth-order valence-corrected chi connectivity index (χ4v) is 2.83. The molecule has 2 atom stereocenters. The first-order valence-electron chi connectivity index (χ1n) is 7.16. The lowest BCUT2D eigenvalue weighted by atomic mass is 10.2. The summed E-state index contributed by atoms with van der Waals surface area (Å²) in [4.78, 5) is 12.0. The van der Waals surface area contributed by atoms with Crippen LogP contribution in [0.15, 0.2) is 32.5 Å². The fourth-order valence-electron chi connectivity index (χ4n) is 2.13. The van der Waals surface area contributed by atoms with Crippen molar-refractivity contribution in [2.45, 2.75) is 36.3 Å². The summed E-state index contributed by atoms with van der Waals surface area (Å²) in [5.74, 6) is 0.743. The van der Waals surface area contributed by atoms with E-state index >= 15 is 0 Å².